The highest BCUT2D eigenvalue weighted by molar-refractivity contribution is 8.18. The highest BCUT2D eigenvalue weighted by atomic mass is 35.5. The summed E-state index contributed by atoms with van der Waals surface area (Å²) in [6.45, 7) is 0.765. The van der Waals surface area contributed by atoms with E-state index in [1.165, 1.54) is 23.8 Å². The van der Waals surface area contributed by atoms with E-state index in [1.807, 2.05) is 24.3 Å². The third-order valence-corrected chi connectivity index (χ3v) is 6.13. The van der Waals surface area contributed by atoms with E-state index >= 15 is 0 Å². The molecule has 0 radical (unpaired) electrons. The molecule has 3 amide bonds. The van der Waals surface area contributed by atoms with Gasteiger partial charge in [0.25, 0.3) is 11.1 Å². The van der Waals surface area contributed by atoms with Crippen LogP contribution in [0.5, 0.6) is 5.75 Å². The van der Waals surface area contributed by atoms with Gasteiger partial charge in [0.2, 0.25) is 5.91 Å². The molecule has 6 nitrogen and oxygen atoms in total. The number of imide groups is 1. The number of thioether (sulfide) groups is 1. The van der Waals surface area contributed by atoms with Gasteiger partial charge in [-0.2, -0.15) is 0 Å². The summed E-state index contributed by atoms with van der Waals surface area (Å²) in [6.07, 6.45) is 2.28. The van der Waals surface area contributed by atoms with Gasteiger partial charge in [0.1, 0.15) is 12.3 Å². The van der Waals surface area contributed by atoms with Crippen LogP contribution in [0, 0.1) is 0 Å². The summed E-state index contributed by atoms with van der Waals surface area (Å²) in [5.74, 6) is -0.823. The zero-order chi connectivity index (χ0) is 20.5. The fourth-order valence-corrected chi connectivity index (χ4v) is 4.37. The molecule has 2 heterocycles. The van der Waals surface area contributed by atoms with Crippen molar-refractivity contribution in [3.05, 3.63) is 69.1 Å². The molecule has 1 saturated heterocycles. The van der Waals surface area contributed by atoms with Crippen LogP contribution in [-0.4, -0.2) is 45.0 Å². The van der Waals surface area contributed by atoms with Crippen molar-refractivity contribution >= 4 is 46.5 Å². The van der Waals surface area contributed by atoms with Crippen LogP contribution < -0.4 is 0 Å². The number of nitrogens with zero attached hydrogens (tertiary/aromatic N) is 2. The average Bonchev–Trinajstić information content (AvgIpc) is 2.97. The maximum absolute atomic E-state index is 12.7. The maximum atomic E-state index is 12.7. The Bertz CT molecular complexity index is 1050. The van der Waals surface area contributed by atoms with Gasteiger partial charge in [-0.1, -0.05) is 41.9 Å². The van der Waals surface area contributed by atoms with Crippen LogP contribution in [0.2, 0.25) is 5.02 Å². The topological polar surface area (TPSA) is 77.9 Å². The van der Waals surface area contributed by atoms with Gasteiger partial charge in [-0.25, -0.2) is 0 Å². The van der Waals surface area contributed by atoms with E-state index < -0.39 is 11.1 Å². The van der Waals surface area contributed by atoms with Gasteiger partial charge in [-0.15, -0.1) is 0 Å². The lowest BCUT2D eigenvalue weighted by molar-refractivity contribution is -0.136. The van der Waals surface area contributed by atoms with Gasteiger partial charge in [-0.3, -0.25) is 19.3 Å². The van der Waals surface area contributed by atoms with Crippen LogP contribution in [0.3, 0.4) is 0 Å². The van der Waals surface area contributed by atoms with Gasteiger partial charge in [0, 0.05) is 13.1 Å². The van der Waals surface area contributed by atoms with Crippen LogP contribution in [-0.2, 0) is 22.6 Å². The molecule has 0 atom stereocenters. The van der Waals surface area contributed by atoms with Crippen molar-refractivity contribution in [3.63, 3.8) is 0 Å². The maximum Gasteiger partial charge on any atom is 0.294 e. The number of amides is 3. The second-order valence-electron chi connectivity index (χ2n) is 6.81. The molecule has 1 fully saturated rings. The Balaban J connectivity index is 1.46. The van der Waals surface area contributed by atoms with Crippen molar-refractivity contribution in [2.24, 2.45) is 0 Å². The summed E-state index contributed by atoms with van der Waals surface area (Å²) in [7, 11) is 0. The third-order valence-electron chi connectivity index (χ3n) is 4.92. The van der Waals surface area contributed by atoms with Crippen molar-refractivity contribution in [2.45, 2.75) is 13.0 Å². The third kappa shape index (κ3) is 4.02. The van der Waals surface area contributed by atoms with E-state index in [9.17, 15) is 19.5 Å². The van der Waals surface area contributed by atoms with Crippen LogP contribution >= 0.6 is 23.4 Å². The standard InChI is InChI=1S/C21H17ClN2O4S/c22-16-9-13(5-6-17(16)25)10-18-20(27)24(21(28)29-18)12-19(26)23-8-7-14-3-1-2-4-15(14)11-23/h1-6,9-10,25H,7-8,11-12H2/b18-10-. The summed E-state index contributed by atoms with van der Waals surface area (Å²) in [6, 6.07) is 12.4. The minimum absolute atomic E-state index is 0.0642. The number of halogens is 1. The fourth-order valence-electron chi connectivity index (χ4n) is 3.34. The molecule has 0 spiro atoms. The molecule has 0 unspecified atom stereocenters. The normalized spacial score (nSPS) is 17.8. The van der Waals surface area contributed by atoms with Gasteiger partial charge in [-0.05, 0) is 53.1 Å². The minimum Gasteiger partial charge on any atom is -0.506 e. The number of rotatable bonds is 3. The first-order valence-electron chi connectivity index (χ1n) is 9.01. The number of carbonyl (C=O) groups is 3. The minimum atomic E-state index is -0.505. The van der Waals surface area contributed by atoms with E-state index in [1.54, 1.807) is 11.0 Å². The number of aromatic hydroxyl groups is 1. The fraction of sp³-hybridized carbons (Fsp3) is 0.190. The van der Waals surface area contributed by atoms with Crippen molar-refractivity contribution in [3.8, 4) is 5.75 Å². The predicted octanol–water partition coefficient (Wildman–Crippen LogP) is 3.67. The number of phenolic OH excluding ortho intramolecular Hbond substituents is 1. The van der Waals surface area contributed by atoms with Crippen LogP contribution in [0.4, 0.5) is 4.79 Å². The lowest BCUT2D eigenvalue weighted by Crippen LogP contribution is -2.44. The molecule has 0 aromatic heterocycles. The van der Waals surface area contributed by atoms with Crippen molar-refractivity contribution in [1.29, 1.82) is 0 Å². The summed E-state index contributed by atoms with van der Waals surface area (Å²) in [5, 5.41) is 9.17. The zero-order valence-corrected chi connectivity index (χ0v) is 16.9. The summed E-state index contributed by atoms with van der Waals surface area (Å²) in [4.78, 5) is 40.5. The van der Waals surface area contributed by atoms with E-state index in [0.29, 0.717) is 18.7 Å². The first-order valence-corrected chi connectivity index (χ1v) is 10.2. The number of phenols is 1. The van der Waals surface area contributed by atoms with Crippen LogP contribution in [0.25, 0.3) is 6.08 Å². The lowest BCUT2D eigenvalue weighted by atomic mass is 10.00. The average molecular weight is 429 g/mol. The number of benzene rings is 2. The highest BCUT2D eigenvalue weighted by Crippen LogP contribution is 2.33. The Kier molecular flexibility index (Phi) is 5.34. The number of hydrogen-bond donors (Lipinski definition) is 1. The molecule has 2 aliphatic heterocycles. The van der Waals surface area contributed by atoms with Gasteiger partial charge >= 0.3 is 0 Å². The monoisotopic (exact) mass is 428 g/mol. The van der Waals surface area contributed by atoms with Crippen molar-refractivity contribution in [2.75, 3.05) is 13.1 Å². The quantitative estimate of drug-likeness (QED) is 0.755. The Labute approximate surface area is 176 Å². The predicted molar refractivity (Wildman–Crippen MR) is 111 cm³/mol. The molecular formula is C21H17ClN2O4S. The van der Waals surface area contributed by atoms with E-state index in [0.717, 1.165) is 28.6 Å². The second kappa shape index (κ2) is 7.93. The molecule has 29 heavy (non-hydrogen) atoms. The summed E-state index contributed by atoms with van der Waals surface area (Å²) in [5.41, 5.74) is 2.89. The molecule has 148 valence electrons. The van der Waals surface area contributed by atoms with Crippen molar-refractivity contribution < 1.29 is 19.5 Å². The van der Waals surface area contributed by atoms with Gasteiger partial charge < -0.3 is 10.0 Å². The van der Waals surface area contributed by atoms with E-state index in [-0.39, 0.29) is 28.1 Å². The van der Waals surface area contributed by atoms with Gasteiger partial charge in [0.05, 0.1) is 9.93 Å². The molecule has 0 aliphatic carbocycles. The van der Waals surface area contributed by atoms with Crippen LogP contribution in [0.15, 0.2) is 47.4 Å². The zero-order valence-electron chi connectivity index (χ0n) is 15.3. The first-order chi connectivity index (χ1) is 13.9. The van der Waals surface area contributed by atoms with E-state index in [2.05, 4.69) is 0 Å². The molecular weight excluding hydrogens is 412 g/mol. The smallest absolute Gasteiger partial charge is 0.294 e. The lowest BCUT2D eigenvalue weighted by Gasteiger charge is -2.29. The molecule has 2 aliphatic rings. The molecule has 1 N–H and O–H groups in total. The Morgan fingerprint density at radius 2 is 1.93 bits per heavy atom. The van der Waals surface area contributed by atoms with Crippen molar-refractivity contribution in [1.82, 2.24) is 9.80 Å². The molecule has 4 rings (SSSR count). The highest BCUT2D eigenvalue weighted by Gasteiger charge is 2.37. The van der Waals surface area contributed by atoms with Gasteiger partial charge in [0.15, 0.2) is 0 Å². The first kappa shape index (κ1) is 19.5. The van der Waals surface area contributed by atoms with E-state index in [4.69, 9.17) is 11.6 Å². The number of hydrogen-bond acceptors (Lipinski definition) is 5. The number of carbonyl (C=O) groups excluding carboxylic acids is 3. The molecule has 8 heteroatoms. The Morgan fingerprint density at radius 3 is 2.69 bits per heavy atom. The Hall–Kier alpha value is -2.77. The summed E-state index contributed by atoms with van der Waals surface area (Å²) < 4.78 is 0. The largest absolute Gasteiger partial charge is 0.506 e. The second-order valence-corrected chi connectivity index (χ2v) is 8.21. The Morgan fingerprint density at radius 1 is 1.17 bits per heavy atom. The molecule has 0 saturated carbocycles. The van der Waals surface area contributed by atoms with Crippen LogP contribution in [0.1, 0.15) is 16.7 Å². The molecule has 2 aromatic carbocycles. The molecule has 0 bridgehead atoms. The molecule has 2 aromatic rings. The SMILES string of the molecule is O=C(CN1C(=O)S/C(=C\c2ccc(O)c(Cl)c2)C1=O)N1CCc2ccccc2C1. The summed E-state index contributed by atoms with van der Waals surface area (Å²) >= 11 is 6.67. The number of fused-ring (bicyclic) bond motifs is 1.